The highest BCUT2D eigenvalue weighted by Gasteiger charge is 2.31. The van der Waals surface area contributed by atoms with Gasteiger partial charge in [-0.3, -0.25) is 4.79 Å². The number of carbonyl (C=O) groups excluding carboxylic acids is 1. The molecule has 0 aromatic heterocycles. The van der Waals surface area contributed by atoms with Crippen LogP contribution >= 0.6 is 0 Å². The Balaban J connectivity index is 1.84. The van der Waals surface area contributed by atoms with Crippen LogP contribution in [0.2, 0.25) is 0 Å². The van der Waals surface area contributed by atoms with Crippen molar-refractivity contribution in [2.24, 2.45) is 22.7 Å². The normalized spacial score (nSPS) is 27.4. The molecule has 17 heavy (non-hydrogen) atoms. The molecule has 0 bridgehead atoms. The van der Waals surface area contributed by atoms with Crippen molar-refractivity contribution in [3.63, 3.8) is 0 Å². The van der Waals surface area contributed by atoms with E-state index in [1.54, 1.807) is 0 Å². The van der Waals surface area contributed by atoms with E-state index in [2.05, 4.69) is 5.16 Å². The average Bonchev–Trinajstić information content (AvgIpc) is 2.91. The minimum atomic E-state index is 0.0374. The molecule has 0 aromatic rings. The van der Waals surface area contributed by atoms with Crippen molar-refractivity contribution in [2.75, 3.05) is 26.3 Å². The number of ether oxygens (including phenoxy) is 1. The van der Waals surface area contributed by atoms with E-state index < -0.39 is 0 Å². The maximum absolute atomic E-state index is 12.1. The molecule has 6 nitrogen and oxygen atoms in total. The molecule has 2 heterocycles. The molecule has 2 aliphatic rings. The van der Waals surface area contributed by atoms with Gasteiger partial charge in [0.05, 0.1) is 12.5 Å². The van der Waals surface area contributed by atoms with Crippen LogP contribution in [-0.2, 0) is 9.53 Å². The van der Waals surface area contributed by atoms with Crippen molar-refractivity contribution in [3.05, 3.63) is 0 Å². The highest BCUT2D eigenvalue weighted by atomic mass is 16.5. The van der Waals surface area contributed by atoms with Crippen LogP contribution in [0.4, 0.5) is 0 Å². The summed E-state index contributed by atoms with van der Waals surface area (Å²) in [6, 6.07) is 0. The standard InChI is InChI=1S/C11H19N3O3/c12-10(13-16)8-1-4-14(5-2-8)11(15)9-3-6-17-7-9/h8-9,16H,1-7H2,(H2,12,13). The Kier molecular flexibility index (Phi) is 3.83. The fraction of sp³-hybridized carbons (Fsp3) is 0.818. The molecule has 96 valence electrons. The number of likely N-dealkylation sites (tertiary alicyclic amines) is 1. The molecule has 0 spiro atoms. The first-order valence-electron chi connectivity index (χ1n) is 6.06. The number of nitrogens with zero attached hydrogens (tertiary/aromatic N) is 2. The van der Waals surface area contributed by atoms with Crippen LogP contribution in [0, 0.1) is 11.8 Å². The highest BCUT2D eigenvalue weighted by molar-refractivity contribution is 5.83. The molecular weight excluding hydrogens is 222 g/mol. The zero-order chi connectivity index (χ0) is 12.3. The van der Waals surface area contributed by atoms with Crippen molar-refractivity contribution in [1.29, 1.82) is 0 Å². The van der Waals surface area contributed by atoms with Crippen molar-refractivity contribution in [3.8, 4) is 0 Å². The van der Waals surface area contributed by atoms with Gasteiger partial charge in [0.2, 0.25) is 5.91 Å². The SMILES string of the molecule is NC(=NO)C1CCN(C(=O)C2CCOC2)CC1. The van der Waals surface area contributed by atoms with Crippen LogP contribution in [0.15, 0.2) is 5.16 Å². The van der Waals surface area contributed by atoms with Crippen LogP contribution in [-0.4, -0.2) is 48.2 Å². The van der Waals surface area contributed by atoms with Crippen LogP contribution in [0.25, 0.3) is 0 Å². The minimum absolute atomic E-state index is 0.0374. The summed E-state index contributed by atoms with van der Waals surface area (Å²) < 4.78 is 5.23. The zero-order valence-corrected chi connectivity index (χ0v) is 9.84. The Hall–Kier alpha value is -1.30. The molecule has 2 aliphatic heterocycles. The highest BCUT2D eigenvalue weighted by Crippen LogP contribution is 2.21. The van der Waals surface area contributed by atoms with Crippen LogP contribution in [0.5, 0.6) is 0 Å². The maximum atomic E-state index is 12.1. The van der Waals surface area contributed by atoms with E-state index >= 15 is 0 Å². The van der Waals surface area contributed by atoms with Gasteiger partial charge >= 0.3 is 0 Å². The Morgan fingerprint density at radius 1 is 1.29 bits per heavy atom. The third-order valence-corrected chi connectivity index (χ3v) is 3.62. The molecule has 0 radical (unpaired) electrons. The number of oxime groups is 1. The molecular formula is C11H19N3O3. The first-order valence-corrected chi connectivity index (χ1v) is 6.06. The summed E-state index contributed by atoms with van der Waals surface area (Å²) in [7, 11) is 0. The molecule has 6 heteroatoms. The lowest BCUT2D eigenvalue weighted by atomic mass is 9.94. The predicted molar refractivity (Wildman–Crippen MR) is 61.6 cm³/mol. The molecule has 2 fully saturated rings. The number of amides is 1. The third kappa shape index (κ3) is 2.69. The molecule has 0 aliphatic carbocycles. The Labute approximate surface area is 100 Å². The second-order valence-electron chi connectivity index (χ2n) is 4.68. The molecule has 0 aromatic carbocycles. The maximum Gasteiger partial charge on any atom is 0.228 e. The Morgan fingerprint density at radius 2 is 2.00 bits per heavy atom. The molecule has 1 amide bonds. The van der Waals surface area contributed by atoms with Crippen molar-refractivity contribution in [1.82, 2.24) is 4.90 Å². The topological polar surface area (TPSA) is 88.2 Å². The molecule has 1 atom stereocenters. The van der Waals surface area contributed by atoms with E-state index in [4.69, 9.17) is 15.7 Å². The number of piperidine rings is 1. The number of amidine groups is 1. The quantitative estimate of drug-likeness (QED) is 0.308. The van der Waals surface area contributed by atoms with E-state index in [1.807, 2.05) is 4.90 Å². The summed E-state index contributed by atoms with van der Waals surface area (Å²) in [4.78, 5) is 14.0. The monoisotopic (exact) mass is 241 g/mol. The van der Waals surface area contributed by atoms with Gasteiger partial charge in [-0.2, -0.15) is 0 Å². The van der Waals surface area contributed by atoms with E-state index in [0.29, 0.717) is 26.3 Å². The number of hydrogen-bond donors (Lipinski definition) is 2. The summed E-state index contributed by atoms with van der Waals surface area (Å²) in [5.74, 6) is 0.612. The van der Waals surface area contributed by atoms with Gasteiger partial charge in [0.1, 0.15) is 5.84 Å². The predicted octanol–water partition coefficient (Wildman–Crippen LogP) is 0.00790. The van der Waals surface area contributed by atoms with Crippen LogP contribution < -0.4 is 5.73 Å². The van der Waals surface area contributed by atoms with Gasteiger partial charge in [-0.15, -0.1) is 0 Å². The summed E-state index contributed by atoms with van der Waals surface area (Å²) in [6.07, 6.45) is 2.38. The summed E-state index contributed by atoms with van der Waals surface area (Å²) in [6.45, 7) is 2.63. The van der Waals surface area contributed by atoms with Gasteiger partial charge < -0.3 is 20.6 Å². The lowest BCUT2D eigenvalue weighted by Crippen LogP contribution is -2.44. The lowest BCUT2D eigenvalue weighted by Gasteiger charge is -2.32. The zero-order valence-electron chi connectivity index (χ0n) is 9.84. The first-order chi connectivity index (χ1) is 8.22. The molecule has 3 N–H and O–H groups in total. The molecule has 2 rings (SSSR count). The van der Waals surface area contributed by atoms with E-state index in [1.165, 1.54) is 0 Å². The summed E-state index contributed by atoms with van der Waals surface area (Å²) in [5.41, 5.74) is 5.57. The smallest absolute Gasteiger partial charge is 0.228 e. The Bertz CT molecular complexity index is 305. The van der Waals surface area contributed by atoms with Crippen molar-refractivity contribution in [2.45, 2.75) is 19.3 Å². The fourth-order valence-corrected chi connectivity index (χ4v) is 2.46. The number of rotatable bonds is 2. The largest absolute Gasteiger partial charge is 0.409 e. The van der Waals surface area contributed by atoms with E-state index in [-0.39, 0.29) is 23.6 Å². The first kappa shape index (κ1) is 12.2. The lowest BCUT2D eigenvalue weighted by molar-refractivity contribution is -0.136. The van der Waals surface area contributed by atoms with Gasteiger partial charge in [-0.1, -0.05) is 5.16 Å². The second kappa shape index (κ2) is 5.35. The van der Waals surface area contributed by atoms with Crippen LogP contribution in [0.1, 0.15) is 19.3 Å². The van der Waals surface area contributed by atoms with E-state index in [0.717, 1.165) is 19.3 Å². The van der Waals surface area contributed by atoms with Crippen LogP contribution in [0.3, 0.4) is 0 Å². The number of hydrogen-bond acceptors (Lipinski definition) is 4. The average molecular weight is 241 g/mol. The summed E-state index contributed by atoms with van der Waals surface area (Å²) in [5, 5.41) is 11.6. The van der Waals surface area contributed by atoms with Gasteiger partial charge in [0, 0.05) is 25.6 Å². The van der Waals surface area contributed by atoms with Gasteiger partial charge in [0.15, 0.2) is 0 Å². The van der Waals surface area contributed by atoms with Crippen molar-refractivity contribution >= 4 is 11.7 Å². The third-order valence-electron chi connectivity index (χ3n) is 3.62. The second-order valence-corrected chi connectivity index (χ2v) is 4.68. The minimum Gasteiger partial charge on any atom is -0.409 e. The summed E-state index contributed by atoms with van der Waals surface area (Å²) >= 11 is 0. The van der Waals surface area contributed by atoms with E-state index in [9.17, 15) is 4.79 Å². The molecule has 1 unspecified atom stereocenters. The van der Waals surface area contributed by atoms with Crippen molar-refractivity contribution < 1.29 is 14.7 Å². The van der Waals surface area contributed by atoms with Gasteiger partial charge in [-0.05, 0) is 19.3 Å². The Morgan fingerprint density at radius 3 is 2.53 bits per heavy atom. The van der Waals surface area contributed by atoms with Gasteiger partial charge in [0.25, 0.3) is 0 Å². The molecule has 0 saturated carbocycles. The van der Waals surface area contributed by atoms with Gasteiger partial charge in [-0.25, -0.2) is 0 Å². The number of carbonyl (C=O) groups is 1. The number of nitrogens with two attached hydrogens (primary N) is 1. The molecule has 2 saturated heterocycles. The fourth-order valence-electron chi connectivity index (χ4n) is 2.46.